The minimum absolute atomic E-state index is 0.447. The first kappa shape index (κ1) is 38.9. The number of anilines is 1. The van der Waals surface area contributed by atoms with Crippen molar-refractivity contribution in [3.8, 4) is 0 Å². The van der Waals surface area contributed by atoms with E-state index in [1.807, 2.05) is 67.5 Å². The molecule has 3 heteroatoms. The van der Waals surface area contributed by atoms with E-state index in [2.05, 4.69) is 63.0 Å². The third-order valence-electron chi connectivity index (χ3n) is 3.91. The molecule has 0 aliphatic heterocycles. The van der Waals surface area contributed by atoms with Crippen molar-refractivity contribution in [2.75, 3.05) is 5.73 Å². The average molecular weight is 475 g/mol. The molecule has 0 unspecified atom stereocenters. The standard InChI is InChI=1S/C9H12.C7H6N2O.C7H16.4C2H6/c1-2-6-9-7-4-3-5-8-9;8-7-6-5(1-3-9-7)2-4-10-6;1-4-5-6-7(2)3;4*1-2/h3-5,7-8H,2,6H2,1H3;1-4H,(H2,8,9);7H,4-6H2,1-3H3;4*1-2H3. The smallest absolute Gasteiger partial charge is 0.175 e. The van der Waals surface area contributed by atoms with Crippen LogP contribution in [0, 0.1) is 5.92 Å². The minimum Gasteiger partial charge on any atom is -0.460 e. The summed E-state index contributed by atoms with van der Waals surface area (Å²) in [6.45, 7) is 25.0. The van der Waals surface area contributed by atoms with Crippen LogP contribution in [0.2, 0.25) is 0 Å². The summed E-state index contributed by atoms with van der Waals surface area (Å²) in [5, 5.41) is 0.993. The molecule has 2 N–H and O–H groups in total. The lowest BCUT2D eigenvalue weighted by Crippen LogP contribution is -1.87. The van der Waals surface area contributed by atoms with E-state index >= 15 is 0 Å². The highest BCUT2D eigenvalue weighted by Gasteiger charge is 1.98. The zero-order valence-electron chi connectivity index (χ0n) is 24.7. The van der Waals surface area contributed by atoms with Gasteiger partial charge in [0.25, 0.3) is 0 Å². The molecule has 0 bridgehead atoms. The second kappa shape index (κ2) is 32.9. The number of aromatic nitrogens is 1. The van der Waals surface area contributed by atoms with Gasteiger partial charge in [-0.3, -0.25) is 0 Å². The predicted molar refractivity (Wildman–Crippen MR) is 159 cm³/mol. The first-order valence-electron chi connectivity index (χ1n) is 13.7. The average Bonchev–Trinajstić information content (AvgIpc) is 3.40. The zero-order chi connectivity index (χ0) is 27.2. The molecule has 0 spiro atoms. The van der Waals surface area contributed by atoms with Crippen LogP contribution in [0.5, 0.6) is 0 Å². The molecule has 0 radical (unpaired) electrons. The first-order chi connectivity index (χ1) is 16.6. The van der Waals surface area contributed by atoms with E-state index in [0.717, 1.165) is 11.3 Å². The molecule has 0 aliphatic carbocycles. The van der Waals surface area contributed by atoms with E-state index in [9.17, 15) is 0 Å². The van der Waals surface area contributed by atoms with Crippen LogP contribution in [0.25, 0.3) is 11.0 Å². The Morgan fingerprint density at radius 1 is 0.794 bits per heavy atom. The molecule has 3 aromatic rings. The number of nitrogens with two attached hydrogens (primary N) is 1. The van der Waals surface area contributed by atoms with E-state index in [0.29, 0.717) is 11.4 Å². The van der Waals surface area contributed by atoms with Gasteiger partial charge in [-0.25, -0.2) is 4.98 Å². The molecule has 0 amide bonds. The van der Waals surface area contributed by atoms with Gasteiger partial charge >= 0.3 is 0 Å². The Hall–Kier alpha value is -2.29. The molecule has 3 rings (SSSR count). The highest BCUT2D eigenvalue weighted by Crippen LogP contribution is 2.18. The molecule has 3 nitrogen and oxygen atoms in total. The normalized spacial score (nSPS) is 8.38. The number of nitrogens with zero attached hydrogens (tertiary/aromatic N) is 1. The fourth-order valence-electron chi connectivity index (χ4n) is 2.46. The van der Waals surface area contributed by atoms with Gasteiger partial charge in [-0.1, -0.05) is 139 Å². The number of unbranched alkanes of at least 4 members (excludes halogenated alkanes) is 1. The van der Waals surface area contributed by atoms with Crippen molar-refractivity contribution in [2.45, 2.75) is 115 Å². The number of fused-ring (bicyclic) bond motifs is 1. The summed E-state index contributed by atoms with van der Waals surface area (Å²) in [4.78, 5) is 3.86. The van der Waals surface area contributed by atoms with E-state index in [1.54, 1.807) is 12.5 Å². The predicted octanol–water partition coefficient (Wildman–Crippen LogP) is 11.0. The summed E-state index contributed by atoms with van der Waals surface area (Å²) < 4.78 is 5.06. The number of nitrogen functional groups attached to an aromatic ring is 1. The molecule has 0 fully saturated rings. The van der Waals surface area contributed by atoms with Gasteiger partial charge in [-0.15, -0.1) is 0 Å². The lowest BCUT2D eigenvalue weighted by atomic mass is 10.1. The molecule has 0 atom stereocenters. The lowest BCUT2D eigenvalue weighted by molar-refractivity contribution is 0.550. The minimum atomic E-state index is 0.447. The maximum atomic E-state index is 5.50. The molecule has 0 saturated heterocycles. The van der Waals surface area contributed by atoms with Crippen LogP contribution in [0.15, 0.2) is 59.3 Å². The van der Waals surface area contributed by atoms with Crippen LogP contribution in [-0.2, 0) is 6.42 Å². The molecular formula is C31H58N2O. The van der Waals surface area contributed by atoms with Crippen LogP contribution >= 0.6 is 0 Å². The van der Waals surface area contributed by atoms with Crippen molar-refractivity contribution < 1.29 is 4.42 Å². The Morgan fingerprint density at radius 3 is 1.76 bits per heavy atom. The van der Waals surface area contributed by atoms with Crippen molar-refractivity contribution in [2.24, 2.45) is 5.92 Å². The number of rotatable bonds is 5. The largest absolute Gasteiger partial charge is 0.460 e. The second-order valence-electron chi connectivity index (χ2n) is 6.81. The fraction of sp³-hybridized carbons (Fsp3) is 0.581. The van der Waals surface area contributed by atoms with Gasteiger partial charge in [0, 0.05) is 11.6 Å². The highest BCUT2D eigenvalue weighted by molar-refractivity contribution is 5.85. The zero-order valence-corrected chi connectivity index (χ0v) is 24.7. The summed E-state index contributed by atoms with van der Waals surface area (Å²) in [6, 6.07) is 14.3. The van der Waals surface area contributed by atoms with Crippen LogP contribution in [-0.4, -0.2) is 4.98 Å². The Kier molecular flexibility index (Phi) is 37.7. The molecule has 198 valence electrons. The van der Waals surface area contributed by atoms with Crippen molar-refractivity contribution in [1.82, 2.24) is 4.98 Å². The molecule has 2 heterocycles. The maximum Gasteiger partial charge on any atom is 0.175 e. The van der Waals surface area contributed by atoms with Gasteiger partial charge in [0.05, 0.1) is 6.26 Å². The molecule has 0 aliphatic rings. The summed E-state index contributed by atoms with van der Waals surface area (Å²) in [5.74, 6) is 1.35. The van der Waals surface area contributed by atoms with Gasteiger partial charge in [-0.2, -0.15) is 0 Å². The van der Waals surface area contributed by atoms with Crippen molar-refractivity contribution in [3.05, 3.63) is 60.5 Å². The van der Waals surface area contributed by atoms with Crippen molar-refractivity contribution in [3.63, 3.8) is 0 Å². The summed E-state index contributed by atoms with van der Waals surface area (Å²) in [7, 11) is 0. The van der Waals surface area contributed by atoms with Gasteiger partial charge < -0.3 is 10.2 Å². The Labute approximate surface area is 213 Å². The van der Waals surface area contributed by atoms with E-state index in [1.165, 1.54) is 37.7 Å². The van der Waals surface area contributed by atoms with Crippen LogP contribution in [0.4, 0.5) is 5.82 Å². The number of hydrogen-bond donors (Lipinski definition) is 1. The van der Waals surface area contributed by atoms with E-state index < -0.39 is 0 Å². The van der Waals surface area contributed by atoms with Gasteiger partial charge in [-0.05, 0) is 30.0 Å². The van der Waals surface area contributed by atoms with Gasteiger partial charge in [0.1, 0.15) is 0 Å². The number of pyridine rings is 1. The van der Waals surface area contributed by atoms with Crippen molar-refractivity contribution in [1.29, 1.82) is 0 Å². The monoisotopic (exact) mass is 474 g/mol. The first-order valence-corrected chi connectivity index (χ1v) is 13.7. The lowest BCUT2D eigenvalue weighted by Gasteiger charge is -1.98. The quantitative estimate of drug-likeness (QED) is 0.400. The third-order valence-corrected chi connectivity index (χ3v) is 3.91. The highest BCUT2D eigenvalue weighted by atomic mass is 16.3. The summed E-state index contributed by atoms with van der Waals surface area (Å²) in [5.41, 5.74) is 7.61. The SMILES string of the molecule is CC.CC.CC.CC.CCCCC(C)C.CCCc1ccccc1.Nc1nccc2ccoc12. The van der Waals surface area contributed by atoms with Crippen LogP contribution in [0.1, 0.15) is 114 Å². The second-order valence-corrected chi connectivity index (χ2v) is 6.81. The number of furan rings is 1. The summed E-state index contributed by atoms with van der Waals surface area (Å²) in [6.07, 6.45) is 9.85. The molecule has 34 heavy (non-hydrogen) atoms. The number of aryl methyl sites for hydroxylation is 1. The van der Waals surface area contributed by atoms with Crippen LogP contribution in [0.3, 0.4) is 0 Å². The fourth-order valence-corrected chi connectivity index (χ4v) is 2.46. The van der Waals surface area contributed by atoms with Gasteiger partial charge in [0.2, 0.25) is 0 Å². The third kappa shape index (κ3) is 22.9. The van der Waals surface area contributed by atoms with Gasteiger partial charge in [0.15, 0.2) is 11.4 Å². The Bertz CT molecular complexity index is 706. The molecular weight excluding hydrogens is 416 g/mol. The van der Waals surface area contributed by atoms with E-state index in [4.69, 9.17) is 10.2 Å². The molecule has 2 aromatic heterocycles. The van der Waals surface area contributed by atoms with Crippen LogP contribution < -0.4 is 5.73 Å². The Morgan fingerprint density at radius 2 is 1.35 bits per heavy atom. The number of benzene rings is 1. The Balaban J connectivity index is -0.000000175. The van der Waals surface area contributed by atoms with Crippen molar-refractivity contribution >= 4 is 16.8 Å². The maximum absolute atomic E-state index is 5.50. The molecule has 1 aromatic carbocycles. The topological polar surface area (TPSA) is 52.0 Å². The van der Waals surface area contributed by atoms with E-state index in [-0.39, 0.29) is 0 Å². The molecule has 0 saturated carbocycles. The summed E-state index contributed by atoms with van der Waals surface area (Å²) >= 11 is 0. The number of hydrogen-bond acceptors (Lipinski definition) is 3.